The van der Waals surface area contributed by atoms with Gasteiger partial charge < -0.3 is 0 Å². The number of nitrogens with zero attached hydrogens (tertiary/aromatic N) is 6. The second-order valence-corrected chi connectivity index (χ2v) is 14.7. The smallest absolute Gasteiger partial charge is 0.292 e. The number of benzene rings is 7. The van der Waals surface area contributed by atoms with Gasteiger partial charge in [0.1, 0.15) is 17.5 Å². The highest BCUT2D eigenvalue weighted by molar-refractivity contribution is 5.90. The molecular weight excluding hydrogens is 832 g/mol. The molecule has 10 aromatic rings. The molecule has 312 valence electrons. The maximum atomic E-state index is 14.2. The molecule has 0 aliphatic carbocycles. The Bertz CT molecular complexity index is 3160. The van der Waals surface area contributed by atoms with Gasteiger partial charge in [0, 0.05) is 33.8 Å². The van der Waals surface area contributed by atoms with E-state index in [0.717, 1.165) is 36.4 Å². The van der Waals surface area contributed by atoms with Crippen molar-refractivity contribution in [2.75, 3.05) is 0 Å². The maximum Gasteiger partial charge on any atom is 0.416 e. The summed E-state index contributed by atoms with van der Waals surface area (Å²) >= 11 is 0. The van der Waals surface area contributed by atoms with Gasteiger partial charge in [0.15, 0.2) is 0 Å². The summed E-state index contributed by atoms with van der Waals surface area (Å²) in [4.78, 5) is 14.4. The zero-order valence-corrected chi connectivity index (χ0v) is 32.2. The van der Waals surface area contributed by atoms with E-state index in [-0.39, 0.29) is 39.5 Å². The summed E-state index contributed by atoms with van der Waals surface area (Å²) in [5, 5.41) is 0. The first kappa shape index (κ1) is 39.5. The summed E-state index contributed by atoms with van der Waals surface area (Å²) in [6.07, 6.45) is -14.0. The number of fused-ring (bicyclic) bond motifs is 3. The number of hydrogen-bond acceptors (Lipinski definition) is 3. The molecule has 3 heterocycles. The van der Waals surface area contributed by atoms with Crippen LogP contribution in [0.2, 0.25) is 0 Å². The summed E-state index contributed by atoms with van der Waals surface area (Å²) < 4.78 is 132. The van der Waals surface area contributed by atoms with Crippen LogP contribution in [0.5, 0.6) is 0 Å². The van der Waals surface area contributed by atoms with Gasteiger partial charge in [0.05, 0.1) is 49.8 Å². The van der Waals surface area contributed by atoms with Crippen molar-refractivity contribution in [3.8, 4) is 51.2 Å². The molecule has 0 radical (unpaired) electrons. The highest BCUT2D eigenvalue weighted by Crippen LogP contribution is 2.41. The van der Waals surface area contributed by atoms with Gasteiger partial charge in [-0.05, 0) is 109 Å². The molecule has 0 fully saturated rings. The monoisotopic (exact) mass is 858 g/mol. The number of para-hydroxylation sites is 3. The van der Waals surface area contributed by atoms with Gasteiger partial charge in [-0.2, -0.15) is 39.5 Å². The first-order valence-electron chi connectivity index (χ1n) is 19.2. The average Bonchev–Trinajstić information content (AvgIpc) is 3.97. The standard InChI is InChI=1S/C48H27F9N6/c49-46(50,51)31-17-20-40-38(25-31)59-44(61(40)34-10-4-1-5-11-34)29-22-28(43-58-37-19-16-33(48(55,56)57)27-42(37)63(43)36-14-8-3-9-15-36)23-30(24-29)45-60-39-26-32(47(52,53)54)18-21-41(39)62(45)35-12-6-2-7-13-35/h1-27H. The van der Waals surface area contributed by atoms with E-state index in [1.807, 2.05) is 0 Å². The van der Waals surface area contributed by atoms with Gasteiger partial charge in [0.2, 0.25) is 0 Å². The summed E-state index contributed by atoms with van der Waals surface area (Å²) in [5.41, 5.74) is 0.847. The van der Waals surface area contributed by atoms with Crippen LogP contribution in [0.3, 0.4) is 0 Å². The van der Waals surface area contributed by atoms with E-state index in [4.69, 9.17) is 15.0 Å². The van der Waals surface area contributed by atoms with Crippen LogP contribution in [-0.2, 0) is 18.5 Å². The van der Waals surface area contributed by atoms with Gasteiger partial charge in [-0.15, -0.1) is 0 Å². The molecule has 0 amide bonds. The Morgan fingerprint density at radius 1 is 0.302 bits per heavy atom. The first-order valence-corrected chi connectivity index (χ1v) is 19.2. The lowest BCUT2D eigenvalue weighted by Gasteiger charge is -2.15. The molecule has 7 aromatic carbocycles. The Balaban J connectivity index is 1.32. The van der Waals surface area contributed by atoms with Gasteiger partial charge in [-0.3, -0.25) is 13.7 Å². The molecule has 0 aliphatic heterocycles. The fourth-order valence-corrected chi connectivity index (χ4v) is 7.88. The highest BCUT2D eigenvalue weighted by Gasteiger charge is 2.34. The topological polar surface area (TPSA) is 53.5 Å². The highest BCUT2D eigenvalue weighted by atomic mass is 19.4. The van der Waals surface area contributed by atoms with Crippen molar-refractivity contribution in [1.82, 2.24) is 28.7 Å². The first-order chi connectivity index (χ1) is 30.1. The minimum Gasteiger partial charge on any atom is -0.292 e. The van der Waals surface area contributed by atoms with E-state index in [0.29, 0.717) is 44.8 Å². The fraction of sp³-hybridized carbons (Fsp3) is 0.0625. The molecule has 0 bridgehead atoms. The van der Waals surface area contributed by atoms with Crippen molar-refractivity contribution in [2.45, 2.75) is 18.5 Å². The number of hydrogen-bond donors (Lipinski definition) is 0. The van der Waals surface area contributed by atoms with Gasteiger partial charge >= 0.3 is 18.5 Å². The number of alkyl halides is 9. The van der Waals surface area contributed by atoms with Crippen LogP contribution in [0, 0.1) is 0 Å². The Labute approximate surface area is 350 Å². The minimum absolute atomic E-state index is 0.0167. The lowest BCUT2D eigenvalue weighted by molar-refractivity contribution is -0.138. The number of imidazole rings is 3. The molecule has 0 aliphatic rings. The third-order valence-electron chi connectivity index (χ3n) is 10.7. The van der Waals surface area contributed by atoms with E-state index >= 15 is 0 Å². The summed E-state index contributed by atoms with van der Waals surface area (Å²) in [7, 11) is 0. The molecular formula is C48H27F9N6. The van der Waals surface area contributed by atoms with Crippen LogP contribution >= 0.6 is 0 Å². The Kier molecular flexibility index (Phi) is 9.06. The molecule has 10 rings (SSSR count). The van der Waals surface area contributed by atoms with Gasteiger partial charge in [0.25, 0.3) is 0 Å². The van der Waals surface area contributed by atoms with Crippen molar-refractivity contribution in [3.05, 3.63) is 180 Å². The van der Waals surface area contributed by atoms with Crippen molar-refractivity contribution in [3.63, 3.8) is 0 Å². The van der Waals surface area contributed by atoms with Crippen LogP contribution < -0.4 is 0 Å². The van der Waals surface area contributed by atoms with Crippen LogP contribution in [0.4, 0.5) is 39.5 Å². The summed E-state index contributed by atoms with van der Waals surface area (Å²) in [5.74, 6) is 0.547. The molecule has 0 atom stereocenters. The molecule has 3 aromatic heterocycles. The third kappa shape index (κ3) is 7.04. The van der Waals surface area contributed by atoms with E-state index in [1.165, 1.54) is 18.2 Å². The molecule has 15 heteroatoms. The number of halogens is 9. The average molecular weight is 859 g/mol. The zero-order valence-electron chi connectivity index (χ0n) is 32.2. The van der Waals surface area contributed by atoms with Crippen molar-refractivity contribution < 1.29 is 39.5 Å². The second-order valence-electron chi connectivity index (χ2n) is 14.7. The third-order valence-corrected chi connectivity index (χ3v) is 10.7. The van der Waals surface area contributed by atoms with Crippen LogP contribution in [0.25, 0.3) is 84.3 Å². The minimum atomic E-state index is -4.68. The van der Waals surface area contributed by atoms with Gasteiger partial charge in [-0.1, -0.05) is 54.6 Å². The summed E-state index contributed by atoms with van der Waals surface area (Å²) in [6.45, 7) is 0. The van der Waals surface area contributed by atoms with E-state index in [2.05, 4.69) is 0 Å². The van der Waals surface area contributed by atoms with Crippen LogP contribution in [0.1, 0.15) is 16.7 Å². The predicted octanol–water partition coefficient (Wildman–Crippen LogP) is 13.8. The molecule has 63 heavy (non-hydrogen) atoms. The quantitative estimate of drug-likeness (QED) is 0.157. The Morgan fingerprint density at radius 3 is 0.984 bits per heavy atom. The molecule has 0 saturated carbocycles. The molecule has 0 saturated heterocycles. The molecule has 6 nitrogen and oxygen atoms in total. The van der Waals surface area contributed by atoms with E-state index in [9.17, 15) is 39.5 Å². The largest absolute Gasteiger partial charge is 0.416 e. The normalized spacial score (nSPS) is 12.5. The molecule has 0 N–H and O–H groups in total. The van der Waals surface area contributed by atoms with Crippen molar-refractivity contribution in [2.24, 2.45) is 0 Å². The SMILES string of the molecule is FC(F)(F)c1ccc2c(c1)nc(-c1cc(-c3nc4cc(C(F)(F)F)ccc4n3-c3ccccc3)cc(-c3nc4ccc(C(F)(F)F)cc4n3-c3ccccc3)c1)n2-c1ccccc1. The van der Waals surface area contributed by atoms with Crippen molar-refractivity contribution >= 4 is 33.1 Å². The van der Waals surface area contributed by atoms with Crippen LogP contribution in [-0.4, -0.2) is 28.7 Å². The van der Waals surface area contributed by atoms with Gasteiger partial charge in [-0.25, -0.2) is 15.0 Å². The van der Waals surface area contributed by atoms with E-state index in [1.54, 1.807) is 123 Å². The lowest BCUT2D eigenvalue weighted by Crippen LogP contribution is -2.05. The lowest BCUT2D eigenvalue weighted by atomic mass is 10.0. The van der Waals surface area contributed by atoms with Crippen LogP contribution in [0.15, 0.2) is 164 Å². The second kappa shape index (κ2) is 14.5. The van der Waals surface area contributed by atoms with E-state index < -0.39 is 35.2 Å². The fourth-order valence-electron chi connectivity index (χ4n) is 7.88. The number of aromatic nitrogens is 6. The molecule has 0 unspecified atom stereocenters. The predicted molar refractivity (Wildman–Crippen MR) is 222 cm³/mol. The summed E-state index contributed by atoms with van der Waals surface area (Å²) in [6, 6.07) is 40.9. The zero-order chi connectivity index (χ0) is 43.8. The Hall–Kier alpha value is -7.68. The number of rotatable bonds is 6. The maximum absolute atomic E-state index is 14.2. The van der Waals surface area contributed by atoms with Crippen molar-refractivity contribution in [1.29, 1.82) is 0 Å². The molecule has 0 spiro atoms. The Morgan fingerprint density at radius 2 is 0.619 bits per heavy atom.